The molecule has 2 fully saturated rings. The Morgan fingerprint density at radius 3 is 2.35 bits per heavy atom. The normalized spacial score (nSPS) is 26.4. The van der Waals surface area contributed by atoms with Crippen molar-refractivity contribution < 1.29 is 14.0 Å². The van der Waals surface area contributed by atoms with Gasteiger partial charge >= 0.3 is 0 Å². The smallest absolute Gasteiger partial charge is 0.227 e. The van der Waals surface area contributed by atoms with Crippen molar-refractivity contribution in [3.05, 3.63) is 30.1 Å². The summed E-state index contributed by atoms with van der Waals surface area (Å²) in [7, 11) is 0. The van der Waals surface area contributed by atoms with Crippen molar-refractivity contribution in [1.82, 2.24) is 4.90 Å². The number of nitrogens with zero attached hydrogens (tertiary/aromatic N) is 1. The van der Waals surface area contributed by atoms with E-state index in [9.17, 15) is 14.0 Å². The van der Waals surface area contributed by atoms with Gasteiger partial charge < -0.3 is 10.2 Å². The summed E-state index contributed by atoms with van der Waals surface area (Å²) in [5, 5.41) is 2.86. The molecule has 1 aromatic rings. The first-order valence-corrected chi connectivity index (χ1v) is 9.95. The molecule has 1 heterocycles. The van der Waals surface area contributed by atoms with E-state index in [1.54, 1.807) is 12.1 Å². The average molecular weight is 360 g/mol. The number of hydrogen-bond donors (Lipinski definition) is 1. The van der Waals surface area contributed by atoms with E-state index in [0.29, 0.717) is 17.6 Å². The lowest BCUT2D eigenvalue weighted by Gasteiger charge is -2.39. The van der Waals surface area contributed by atoms with Gasteiger partial charge in [-0.15, -0.1) is 0 Å². The summed E-state index contributed by atoms with van der Waals surface area (Å²) in [6.07, 6.45) is 7.54. The second-order valence-electron chi connectivity index (χ2n) is 7.63. The summed E-state index contributed by atoms with van der Waals surface area (Å²) in [6.45, 7) is 3.05. The molecule has 142 valence electrons. The molecule has 2 aliphatic rings. The SMILES string of the molecule is CCC1CCCCN1C(=O)C1CCC(C(=O)Nc2ccc(F)cc2)CC1. The highest BCUT2D eigenvalue weighted by atomic mass is 19.1. The lowest BCUT2D eigenvalue weighted by atomic mass is 9.80. The van der Waals surface area contributed by atoms with Crippen LogP contribution in [0.15, 0.2) is 24.3 Å². The quantitative estimate of drug-likeness (QED) is 0.867. The Morgan fingerprint density at radius 1 is 1.04 bits per heavy atom. The van der Waals surface area contributed by atoms with E-state index in [-0.39, 0.29) is 23.6 Å². The highest BCUT2D eigenvalue weighted by Gasteiger charge is 2.34. The molecule has 3 rings (SSSR count). The Labute approximate surface area is 155 Å². The van der Waals surface area contributed by atoms with Crippen molar-refractivity contribution in [2.45, 2.75) is 64.3 Å². The molecule has 1 aromatic carbocycles. The van der Waals surface area contributed by atoms with E-state index in [4.69, 9.17) is 0 Å². The minimum absolute atomic E-state index is 0.0214. The van der Waals surface area contributed by atoms with Gasteiger partial charge in [-0.3, -0.25) is 9.59 Å². The van der Waals surface area contributed by atoms with Gasteiger partial charge in [-0.2, -0.15) is 0 Å². The molecule has 0 bridgehead atoms. The summed E-state index contributed by atoms with van der Waals surface area (Å²) in [4.78, 5) is 27.4. The zero-order valence-electron chi connectivity index (χ0n) is 15.5. The molecule has 1 aliphatic carbocycles. The first-order valence-electron chi connectivity index (χ1n) is 9.95. The van der Waals surface area contributed by atoms with Crippen LogP contribution in [0.3, 0.4) is 0 Å². The molecule has 1 unspecified atom stereocenters. The maximum absolute atomic E-state index is 13.0. The Hall–Kier alpha value is -1.91. The number of hydrogen-bond acceptors (Lipinski definition) is 2. The summed E-state index contributed by atoms with van der Waals surface area (Å²) in [5.41, 5.74) is 0.619. The van der Waals surface area contributed by atoms with Crippen LogP contribution in [0.4, 0.5) is 10.1 Å². The lowest BCUT2D eigenvalue weighted by Crippen LogP contribution is -2.47. The number of rotatable bonds is 4. The summed E-state index contributed by atoms with van der Waals surface area (Å²) in [5.74, 6) is -0.0320. The molecule has 0 radical (unpaired) electrons. The van der Waals surface area contributed by atoms with Gasteiger partial charge in [0.15, 0.2) is 0 Å². The highest BCUT2D eigenvalue weighted by Crippen LogP contribution is 2.33. The molecule has 26 heavy (non-hydrogen) atoms. The minimum atomic E-state index is -0.315. The molecule has 1 N–H and O–H groups in total. The molecule has 1 aliphatic heterocycles. The molecule has 1 saturated carbocycles. The summed E-state index contributed by atoms with van der Waals surface area (Å²) >= 11 is 0. The minimum Gasteiger partial charge on any atom is -0.339 e. The zero-order chi connectivity index (χ0) is 18.5. The van der Waals surface area contributed by atoms with Crippen molar-refractivity contribution in [3.63, 3.8) is 0 Å². The number of halogens is 1. The molecule has 0 aromatic heterocycles. The number of carbonyl (C=O) groups is 2. The van der Waals surface area contributed by atoms with Crippen molar-refractivity contribution in [3.8, 4) is 0 Å². The number of amides is 2. The van der Waals surface area contributed by atoms with Crippen molar-refractivity contribution in [2.24, 2.45) is 11.8 Å². The number of carbonyl (C=O) groups excluding carboxylic acids is 2. The highest BCUT2D eigenvalue weighted by molar-refractivity contribution is 5.92. The predicted molar refractivity (Wildman–Crippen MR) is 100 cm³/mol. The predicted octanol–water partition coefficient (Wildman–Crippen LogP) is 4.36. The fourth-order valence-corrected chi connectivity index (χ4v) is 4.33. The van der Waals surface area contributed by atoms with Crippen LogP contribution in [0.2, 0.25) is 0 Å². The van der Waals surface area contributed by atoms with Gasteiger partial charge in [0.05, 0.1) is 0 Å². The first-order chi connectivity index (χ1) is 12.6. The number of piperidine rings is 1. The van der Waals surface area contributed by atoms with Gasteiger partial charge in [-0.05, 0) is 75.6 Å². The third kappa shape index (κ3) is 4.43. The molecule has 1 atom stereocenters. The van der Waals surface area contributed by atoms with Crippen molar-refractivity contribution >= 4 is 17.5 Å². The molecular formula is C21H29FN2O2. The maximum atomic E-state index is 13.0. The number of anilines is 1. The van der Waals surface area contributed by atoms with Crippen LogP contribution in [0, 0.1) is 17.7 Å². The van der Waals surface area contributed by atoms with Crippen LogP contribution in [-0.2, 0) is 9.59 Å². The number of likely N-dealkylation sites (tertiary alicyclic amines) is 1. The second-order valence-corrected chi connectivity index (χ2v) is 7.63. The number of nitrogens with one attached hydrogen (secondary N) is 1. The van der Waals surface area contributed by atoms with Crippen molar-refractivity contribution in [2.75, 3.05) is 11.9 Å². The fraction of sp³-hybridized carbons (Fsp3) is 0.619. The van der Waals surface area contributed by atoms with Crippen LogP contribution in [0.25, 0.3) is 0 Å². The molecule has 5 heteroatoms. The Bertz CT molecular complexity index is 623. The molecule has 1 saturated heterocycles. The monoisotopic (exact) mass is 360 g/mol. The number of benzene rings is 1. The van der Waals surface area contributed by atoms with Gasteiger partial charge in [-0.1, -0.05) is 6.92 Å². The van der Waals surface area contributed by atoms with E-state index in [2.05, 4.69) is 17.1 Å². The van der Waals surface area contributed by atoms with E-state index in [1.807, 2.05) is 0 Å². The standard InChI is InChI=1S/C21H29FN2O2/c1-2-19-5-3-4-14-24(19)21(26)16-8-6-15(7-9-16)20(25)23-18-12-10-17(22)11-13-18/h10-13,15-16,19H,2-9,14H2,1H3,(H,23,25). The van der Waals surface area contributed by atoms with Gasteiger partial charge in [0.25, 0.3) is 0 Å². The van der Waals surface area contributed by atoms with Gasteiger partial charge in [0.2, 0.25) is 11.8 Å². The molecule has 4 nitrogen and oxygen atoms in total. The van der Waals surface area contributed by atoms with Crippen LogP contribution in [-0.4, -0.2) is 29.3 Å². The van der Waals surface area contributed by atoms with Crippen molar-refractivity contribution in [1.29, 1.82) is 0 Å². The molecular weight excluding hydrogens is 331 g/mol. The van der Waals surface area contributed by atoms with Crippen LogP contribution in [0.1, 0.15) is 58.3 Å². The second kappa shape index (κ2) is 8.65. The average Bonchev–Trinajstić information content (AvgIpc) is 2.69. The molecule has 0 spiro atoms. The van der Waals surface area contributed by atoms with Crippen LogP contribution >= 0.6 is 0 Å². The summed E-state index contributed by atoms with van der Waals surface area (Å²) in [6, 6.07) is 6.23. The third-order valence-corrected chi connectivity index (χ3v) is 5.94. The van der Waals surface area contributed by atoms with Gasteiger partial charge in [-0.25, -0.2) is 4.39 Å². The van der Waals surface area contributed by atoms with Gasteiger partial charge in [0.1, 0.15) is 5.82 Å². The topological polar surface area (TPSA) is 49.4 Å². The Morgan fingerprint density at radius 2 is 1.69 bits per heavy atom. The fourth-order valence-electron chi connectivity index (χ4n) is 4.33. The van der Waals surface area contributed by atoms with Crippen LogP contribution in [0.5, 0.6) is 0 Å². The Kier molecular flexibility index (Phi) is 6.28. The maximum Gasteiger partial charge on any atom is 0.227 e. The third-order valence-electron chi connectivity index (χ3n) is 5.94. The van der Waals surface area contributed by atoms with Crippen LogP contribution < -0.4 is 5.32 Å². The Balaban J connectivity index is 1.51. The molecule has 2 amide bonds. The summed E-state index contributed by atoms with van der Waals surface area (Å²) < 4.78 is 13.0. The van der Waals surface area contributed by atoms with E-state index < -0.39 is 0 Å². The lowest BCUT2D eigenvalue weighted by molar-refractivity contribution is -0.141. The van der Waals surface area contributed by atoms with E-state index in [0.717, 1.165) is 51.5 Å². The van der Waals surface area contributed by atoms with E-state index in [1.165, 1.54) is 18.6 Å². The van der Waals surface area contributed by atoms with Gasteiger partial charge in [0, 0.05) is 30.1 Å². The largest absolute Gasteiger partial charge is 0.339 e. The first kappa shape index (κ1) is 18.9. The zero-order valence-corrected chi connectivity index (χ0v) is 15.5. The van der Waals surface area contributed by atoms with E-state index >= 15 is 0 Å².